The minimum Gasteiger partial charge on any atom is -0.392 e. The summed E-state index contributed by atoms with van der Waals surface area (Å²) < 4.78 is 13.6. The van der Waals surface area contributed by atoms with Gasteiger partial charge in [0.05, 0.1) is 11.1 Å². The van der Waals surface area contributed by atoms with E-state index in [1.54, 1.807) is 6.07 Å². The average molecular weight is 257 g/mol. The highest BCUT2D eigenvalue weighted by atomic mass is 35.5. The SMILES string of the molecule is CCC1(c2ccc(Cl)c(F)c2)CCCCC1O. The molecule has 0 bridgehead atoms. The van der Waals surface area contributed by atoms with Crippen LogP contribution in [0, 0.1) is 5.82 Å². The molecule has 0 saturated heterocycles. The Kier molecular flexibility index (Phi) is 3.74. The van der Waals surface area contributed by atoms with E-state index in [1.807, 2.05) is 6.07 Å². The smallest absolute Gasteiger partial charge is 0.142 e. The molecular weight excluding hydrogens is 239 g/mol. The lowest BCUT2D eigenvalue weighted by Crippen LogP contribution is -2.41. The third-order valence-electron chi connectivity index (χ3n) is 4.11. The van der Waals surface area contributed by atoms with Gasteiger partial charge < -0.3 is 5.11 Å². The fourth-order valence-corrected chi connectivity index (χ4v) is 3.10. The van der Waals surface area contributed by atoms with E-state index in [9.17, 15) is 9.50 Å². The maximum absolute atomic E-state index is 13.6. The van der Waals surface area contributed by atoms with Crippen LogP contribution in [-0.4, -0.2) is 11.2 Å². The van der Waals surface area contributed by atoms with Crippen molar-refractivity contribution in [3.63, 3.8) is 0 Å². The van der Waals surface area contributed by atoms with Gasteiger partial charge in [0.1, 0.15) is 5.82 Å². The van der Waals surface area contributed by atoms with Crippen LogP contribution in [0.2, 0.25) is 5.02 Å². The summed E-state index contributed by atoms with van der Waals surface area (Å²) in [4.78, 5) is 0. The Morgan fingerprint density at radius 3 is 2.82 bits per heavy atom. The summed E-state index contributed by atoms with van der Waals surface area (Å²) in [6, 6.07) is 4.93. The molecule has 1 nitrogen and oxygen atoms in total. The minimum atomic E-state index is -0.394. The zero-order valence-electron chi connectivity index (χ0n) is 10.0. The Balaban J connectivity index is 2.42. The lowest BCUT2D eigenvalue weighted by atomic mass is 9.66. The minimum absolute atomic E-state index is 0.144. The van der Waals surface area contributed by atoms with Crippen LogP contribution in [0.3, 0.4) is 0 Å². The predicted molar refractivity (Wildman–Crippen MR) is 67.9 cm³/mol. The summed E-state index contributed by atoms with van der Waals surface area (Å²) in [7, 11) is 0. The van der Waals surface area contributed by atoms with Gasteiger partial charge in [0, 0.05) is 5.41 Å². The maximum Gasteiger partial charge on any atom is 0.142 e. The van der Waals surface area contributed by atoms with Gasteiger partial charge in [-0.3, -0.25) is 0 Å². The van der Waals surface area contributed by atoms with Gasteiger partial charge in [0.25, 0.3) is 0 Å². The zero-order chi connectivity index (χ0) is 12.5. The highest BCUT2D eigenvalue weighted by Crippen LogP contribution is 2.42. The molecule has 3 heteroatoms. The predicted octanol–water partition coefficient (Wildman–Crippen LogP) is 4.06. The van der Waals surface area contributed by atoms with Crippen molar-refractivity contribution in [2.45, 2.75) is 50.5 Å². The molecule has 0 radical (unpaired) electrons. The van der Waals surface area contributed by atoms with Gasteiger partial charge in [0.15, 0.2) is 0 Å². The van der Waals surface area contributed by atoms with Crippen LogP contribution in [-0.2, 0) is 5.41 Å². The van der Waals surface area contributed by atoms with Crippen molar-refractivity contribution in [2.75, 3.05) is 0 Å². The second-order valence-electron chi connectivity index (χ2n) is 4.90. The van der Waals surface area contributed by atoms with E-state index in [4.69, 9.17) is 11.6 Å². The van der Waals surface area contributed by atoms with Crippen molar-refractivity contribution in [1.29, 1.82) is 0 Å². The second kappa shape index (κ2) is 4.95. The van der Waals surface area contributed by atoms with Crippen molar-refractivity contribution in [3.05, 3.63) is 34.6 Å². The lowest BCUT2D eigenvalue weighted by Gasteiger charge is -2.41. The monoisotopic (exact) mass is 256 g/mol. The number of aliphatic hydroxyl groups is 1. The normalized spacial score (nSPS) is 29.3. The molecule has 2 unspecified atom stereocenters. The standard InChI is InChI=1S/C14H18ClFO/c1-2-14(8-4-3-5-13(14)17)10-6-7-11(15)12(16)9-10/h6-7,9,13,17H,2-5,8H2,1H3. The molecule has 94 valence electrons. The van der Waals surface area contributed by atoms with E-state index in [2.05, 4.69) is 6.92 Å². The van der Waals surface area contributed by atoms with Crippen molar-refractivity contribution in [3.8, 4) is 0 Å². The molecule has 1 fully saturated rings. The molecular formula is C14H18ClFO. The fraction of sp³-hybridized carbons (Fsp3) is 0.571. The fourth-order valence-electron chi connectivity index (χ4n) is 2.98. The molecule has 1 aliphatic rings. The summed E-state index contributed by atoms with van der Waals surface area (Å²) in [6.07, 6.45) is 4.33. The van der Waals surface area contributed by atoms with Gasteiger partial charge in [-0.1, -0.05) is 37.4 Å². The van der Waals surface area contributed by atoms with Crippen LogP contribution < -0.4 is 0 Å². The first-order valence-electron chi connectivity index (χ1n) is 6.24. The van der Waals surface area contributed by atoms with E-state index in [-0.39, 0.29) is 16.5 Å². The van der Waals surface area contributed by atoms with Gasteiger partial charge in [0.2, 0.25) is 0 Å². The van der Waals surface area contributed by atoms with E-state index in [1.165, 1.54) is 6.07 Å². The lowest BCUT2D eigenvalue weighted by molar-refractivity contribution is 0.0389. The molecule has 0 amide bonds. The Labute approximate surface area is 107 Å². The third kappa shape index (κ3) is 2.21. The molecule has 0 heterocycles. The molecule has 2 rings (SSSR count). The van der Waals surface area contributed by atoms with Crippen LogP contribution in [0.4, 0.5) is 4.39 Å². The summed E-state index contributed by atoms with van der Waals surface area (Å²) in [6.45, 7) is 2.06. The van der Waals surface area contributed by atoms with Crippen LogP contribution in [0.15, 0.2) is 18.2 Å². The maximum atomic E-state index is 13.6. The Bertz CT molecular complexity index is 407. The second-order valence-corrected chi connectivity index (χ2v) is 5.31. The molecule has 1 aromatic carbocycles. The van der Waals surface area contributed by atoms with Crippen LogP contribution >= 0.6 is 11.6 Å². The largest absolute Gasteiger partial charge is 0.392 e. The van der Waals surface area contributed by atoms with E-state index in [0.717, 1.165) is 37.7 Å². The van der Waals surface area contributed by atoms with Gasteiger partial charge in [-0.25, -0.2) is 4.39 Å². The first-order valence-corrected chi connectivity index (χ1v) is 6.61. The molecule has 0 aromatic heterocycles. The van der Waals surface area contributed by atoms with E-state index < -0.39 is 5.82 Å². The topological polar surface area (TPSA) is 20.2 Å². The number of halogens is 2. The molecule has 1 saturated carbocycles. The summed E-state index contributed by atoms with van der Waals surface area (Å²) in [5.41, 5.74) is 0.595. The molecule has 17 heavy (non-hydrogen) atoms. The van der Waals surface area contributed by atoms with Gasteiger partial charge >= 0.3 is 0 Å². The summed E-state index contributed by atoms with van der Waals surface area (Å²) in [5, 5.41) is 10.4. The van der Waals surface area contributed by atoms with Crippen molar-refractivity contribution in [2.24, 2.45) is 0 Å². The molecule has 0 aliphatic heterocycles. The van der Waals surface area contributed by atoms with Gasteiger partial charge in [-0.2, -0.15) is 0 Å². The van der Waals surface area contributed by atoms with Crippen molar-refractivity contribution in [1.82, 2.24) is 0 Å². The highest BCUT2D eigenvalue weighted by molar-refractivity contribution is 6.30. The number of benzene rings is 1. The van der Waals surface area contributed by atoms with E-state index in [0.29, 0.717) is 0 Å². The molecule has 1 aliphatic carbocycles. The summed E-state index contributed by atoms with van der Waals surface area (Å²) >= 11 is 5.71. The van der Waals surface area contributed by atoms with Crippen molar-refractivity contribution < 1.29 is 9.50 Å². The molecule has 1 aromatic rings. The van der Waals surface area contributed by atoms with Crippen LogP contribution in [0.25, 0.3) is 0 Å². The quantitative estimate of drug-likeness (QED) is 0.846. The number of hydrogen-bond donors (Lipinski definition) is 1. The van der Waals surface area contributed by atoms with Crippen LogP contribution in [0.1, 0.15) is 44.6 Å². The van der Waals surface area contributed by atoms with Crippen LogP contribution in [0.5, 0.6) is 0 Å². The number of rotatable bonds is 2. The molecule has 1 N–H and O–H groups in total. The molecule has 0 spiro atoms. The average Bonchev–Trinajstić information content (AvgIpc) is 2.34. The first kappa shape index (κ1) is 12.8. The third-order valence-corrected chi connectivity index (χ3v) is 4.42. The van der Waals surface area contributed by atoms with E-state index >= 15 is 0 Å². The summed E-state index contributed by atoms with van der Waals surface area (Å²) in [5.74, 6) is -0.394. The Hall–Kier alpha value is -0.600. The number of aliphatic hydroxyl groups excluding tert-OH is 1. The Morgan fingerprint density at radius 2 is 2.24 bits per heavy atom. The Morgan fingerprint density at radius 1 is 1.47 bits per heavy atom. The zero-order valence-corrected chi connectivity index (χ0v) is 10.8. The van der Waals surface area contributed by atoms with Crippen molar-refractivity contribution >= 4 is 11.6 Å². The highest BCUT2D eigenvalue weighted by Gasteiger charge is 2.40. The van der Waals surface area contributed by atoms with Gasteiger partial charge in [-0.15, -0.1) is 0 Å². The molecule has 2 atom stereocenters. The number of hydrogen-bond acceptors (Lipinski definition) is 1. The first-order chi connectivity index (χ1) is 8.10. The van der Waals surface area contributed by atoms with Gasteiger partial charge in [-0.05, 0) is 37.0 Å².